The van der Waals surface area contributed by atoms with Gasteiger partial charge in [-0.2, -0.15) is 0 Å². The minimum absolute atomic E-state index is 0.00861. The lowest BCUT2D eigenvalue weighted by Gasteiger charge is -2.05. The normalized spacial score (nSPS) is 10.1. The van der Waals surface area contributed by atoms with Crippen molar-refractivity contribution in [2.24, 2.45) is 0 Å². The maximum absolute atomic E-state index is 12.9. The third kappa shape index (κ3) is 1.61. The van der Waals surface area contributed by atoms with Gasteiger partial charge in [-0.25, -0.2) is 8.78 Å². The summed E-state index contributed by atoms with van der Waals surface area (Å²) < 4.78 is 30.5. The molecule has 0 atom stereocenters. The molecular formula is C7H4Br2F2O. The molecule has 1 nitrogen and oxygen atoms in total. The van der Waals surface area contributed by atoms with Crippen LogP contribution in [-0.4, -0.2) is 7.11 Å². The zero-order valence-electron chi connectivity index (χ0n) is 6.00. The number of hydrogen-bond donors (Lipinski definition) is 0. The molecule has 1 aromatic carbocycles. The number of methoxy groups -OCH3 is 1. The molecule has 12 heavy (non-hydrogen) atoms. The summed E-state index contributed by atoms with van der Waals surface area (Å²) in [6, 6.07) is 1.35. The van der Waals surface area contributed by atoms with Gasteiger partial charge in [-0.15, -0.1) is 0 Å². The molecule has 5 heteroatoms. The summed E-state index contributed by atoms with van der Waals surface area (Å²) in [5.74, 6) is -1.63. The minimum Gasteiger partial charge on any atom is -0.495 e. The van der Waals surface area contributed by atoms with Gasteiger partial charge < -0.3 is 4.74 Å². The Morgan fingerprint density at radius 3 is 2.33 bits per heavy atom. The Labute approximate surface area is 85.0 Å². The van der Waals surface area contributed by atoms with Crippen molar-refractivity contribution in [1.82, 2.24) is 0 Å². The zero-order valence-corrected chi connectivity index (χ0v) is 9.17. The van der Waals surface area contributed by atoms with Crippen LogP contribution in [0.25, 0.3) is 0 Å². The average Bonchev–Trinajstić information content (AvgIpc) is 2.08. The van der Waals surface area contributed by atoms with Gasteiger partial charge in [-0.05, 0) is 37.9 Å². The molecule has 0 aliphatic rings. The monoisotopic (exact) mass is 300 g/mol. The molecular weight excluding hydrogens is 298 g/mol. The van der Waals surface area contributed by atoms with Crippen LogP contribution in [0.1, 0.15) is 0 Å². The Morgan fingerprint density at radius 2 is 1.83 bits per heavy atom. The van der Waals surface area contributed by atoms with Crippen LogP contribution >= 0.6 is 31.9 Å². The fourth-order valence-corrected chi connectivity index (χ4v) is 1.53. The predicted octanol–water partition coefficient (Wildman–Crippen LogP) is 3.50. The summed E-state index contributed by atoms with van der Waals surface area (Å²) in [5.41, 5.74) is 0. The van der Waals surface area contributed by atoms with Gasteiger partial charge in [0.2, 0.25) is 0 Å². The summed E-state index contributed by atoms with van der Waals surface area (Å²) in [6.07, 6.45) is 0. The average molecular weight is 302 g/mol. The largest absolute Gasteiger partial charge is 0.495 e. The fourth-order valence-electron chi connectivity index (χ4n) is 0.700. The lowest BCUT2D eigenvalue weighted by molar-refractivity contribution is 0.401. The first-order valence-electron chi connectivity index (χ1n) is 2.95. The van der Waals surface area contributed by atoms with Crippen LogP contribution in [0.2, 0.25) is 0 Å². The molecule has 0 bridgehead atoms. The van der Waals surface area contributed by atoms with Crippen molar-refractivity contribution < 1.29 is 13.5 Å². The standard InChI is InChI=1S/C7H4Br2F2O/c1-12-4-2-3(8)6(10)7(11)5(4)9/h2H,1H3. The van der Waals surface area contributed by atoms with Gasteiger partial charge in [-0.1, -0.05) is 0 Å². The third-order valence-electron chi connectivity index (χ3n) is 1.29. The summed E-state index contributed by atoms with van der Waals surface area (Å²) in [5, 5.41) is 0. The van der Waals surface area contributed by atoms with Crippen molar-refractivity contribution in [1.29, 1.82) is 0 Å². The molecule has 0 aromatic heterocycles. The molecule has 0 aliphatic heterocycles. The van der Waals surface area contributed by atoms with E-state index in [9.17, 15) is 8.78 Å². The number of benzene rings is 1. The molecule has 0 N–H and O–H groups in total. The van der Waals surface area contributed by atoms with Crippen LogP contribution in [-0.2, 0) is 0 Å². The number of ether oxygens (including phenoxy) is 1. The highest BCUT2D eigenvalue weighted by atomic mass is 79.9. The van der Waals surface area contributed by atoms with Gasteiger partial charge in [0, 0.05) is 0 Å². The second-order valence-corrected chi connectivity index (χ2v) is 3.65. The van der Waals surface area contributed by atoms with E-state index < -0.39 is 11.6 Å². The van der Waals surface area contributed by atoms with Crippen LogP contribution in [0.15, 0.2) is 15.0 Å². The summed E-state index contributed by atoms with van der Waals surface area (Å²) in [6.45, 7) is 0. The van der Waals surface area contributed by atoms with Crippen LogP contribution in [0, 0.1) is 11.6 Å². The molecule has 66 valence electrons. The lowest BCUT2D eigenvalue weighted by atomic mass is 10.3. The molecule has 0 saturated heterocycles. The second kappa shape index (κ2) is 3.70. The molecule has 0 heterocycles. The fraction of sp³-hybridized carbons (Fsp3) is 0.143. The number of hydrogen-bond acceptors (Lipinski definition) is 1. The van der Waals surface area contributed by atoms with Crippen LogP contribution in [0.4, 0.5) is 8.78 Å². The maximum atomic E-state index is 12.9. The molecule has 0 aliphatic carbocycles. The van der Waals surface area contributed by atoms with Crippen molar-refractivity contribution in [3.8, 4) is 5.75 Å². The molecule has 0 saturated carbocycles. The van der Waals surface area contributed by atoms with Gasteiger partial charge in [0.05, 0.1) is 16.1 Å². The SMILES string of the molecule is COc1cc(Br)c(F)c(F)c1Br. The van der Waals surface area contributed by atoms with E-state index in [2.05, 4.69) is 31.9 Å². The second-order valence-electron chi connectivity index (χ2n) is 2.00. The first-order chi connectivity index (χ1) is 5.57. The van der Waals surface area contributed by atoms with Crippen LogP contribution in [0.5, 0.6) is 5.75 Å². The molecule has 0 fully saturated rings. The van der Waals surface area contributed by atoms with Crippen molar-refractivity contribution in [2.45, 2.75) is 0 Å². The van der Waals surface area contributed by atoms with Crippen LogP contribution < -0.4 is 4.74 Å². The Hall–Kier alpha value is -0.160. The Bertz CT molecular complexity index is 315. The van der Waals surface area contributed by atoms with E-state index in [1.807, 2.05) is 0 Å². The molecule has 0 unspecified atom stereocenters. The van der Waals surface area contributed by atoms with Crippen molar-refractivity contribution >= 4 is 31.9 Å². The highest BCUT2D eigenvalue weighted by Gasteiger charge is 2.15. The van der Waals surface area contributed by atoms with E-state index in [1.54, 1.807) is 0 Å². The molecule has 0 spiro atoms. The summed E-state index contributed by atoms with van der Waals surface area (Å²) in [7, 11) is 1.38. The molecule has 1 rings (SSSR count). The van der Waals surface area contributed by atoms with Crippen molar-refractivity contribution in [3.63, 3.8) is 0 Å². The zero-order chi connectivity index (χ0) is 9.30. The Balaban J connectivity index is 3.39. The number of halogens is 4. The Morgan fingerprint density at radius 1 is 1.25 bits per heavy atom. The quantitative estimate of drug-likeness (QED) is 0.570. The molecule has 0 amide bonds. The predicted molar refractivity (Wildman–Crippen MR) is 48.3 cm³/mol. The lowest BCUT2D eigenvalue weighted by Crippen LogP contribution is -1.92. The van der Waals surface area contributed by atoms with Gasteiger partial charge in [0.15, 0.2) is 11.6 Å². The summed E-state index contributed by atoms with van der Waals surface area (Å²) >= 11 is 5.72. The van der Waals surface area contributed by atoms with Gasteiger partial charge in [-0.3, -0.25) is 0 Å². The summed E-state index contributed by atoms with van der Waals surface area (Å²) in [4.78, 5) is 0. The van der Waals surface area contributed by atoms with E-state index in [1.165, 1.54) is 13.2 Å². The molecule has 1 aromatic rings. The van der Waals surface area contributed by atoms with E-state index in [0.29, 0.717) is 0 Å². The van der Waals surface area contributed by atoms with Crippen molar-refractivity contribution in [2.75, 3.05) is 7.11 Å². The third-order valence-corrected chi connectivity index (χ3v) is 2.61. The maximum Gasteiger partial charge on any atom is 0.177 e. The van der Waals surface area contributed by atoms with E-state index in [0.717, 1.165) is 0 Å². The number of rotatable bonds is 1. The molecule has 0 radical (unpaired) electrons. The van der Waals surface area contributed by atoms with Gasteiger partial charge in [0.25, 0.3) is 0 Å². The topological polar surface area (TPSA) is 9.23 Å². The van der Waals surface area contributed by atoms with E-state index in [-0.39, 0.29) is 14.7 Å². The highest BCUT2D eigenvalue weighted by molar-refractivity contribution is 9.11. The van der Waals surface area contributed by atoms with Gasteiger partial charge in [0.1, 0.15) is 5.75 Å². The van der Waals surface area contributed by atoms with Gasteiger partial charge >= 0.3 is 0 Å². The van der Waals surface area contributed by atoms with E-state index >= 15 is 0 Å². The first kappa shape index (κ1) is 9.92. The minimum atomic E-state index is -0.957. The van der Waals surface area contributed by atoms with E-state index in [4.69, 9.17) is 4.74 Å². The Kier molecular flexibility index (Phi) is 3.06. The van der Waals surface area contributed by atoms with Crippen LogP contribution in [0.3, 0.4) is 0 Å². The smallest absolute Gasteiger partial charge is 0.177 e. The van der Waals surface area contributed by atoms with Crippen molar-refractivity contribution in [3.05, 3.63) is 26.6 Å². The first-order valence-corrected chi connectivity index (χ1v) is 4.53. The highest BCUT2D eigenvalue weighted by Crippen LogP contribution is 2.33.